The molecule has 2 N–H and O–H groups in total. The summed E-state index contributed by atoms with van der Waals surface area (Å²) in [5, 5.41) is 14.3. The summed E-state index contributed by atoms with van der Waals surface area (Å²) in [7, 11) is -0.858. The first kappa shape index (κ1) is 40.2. The third kappa shape index (κ3) is 7.95. The number of hydrogen-bond donors (Lipinski definition) is 2. The van der Waals surface area contributed by atoms with Crippen LogP contribution in [0.1, 0.15) is 75.7 Å². The molecule has 0 saturated carbocycles. The molecular formula is C45H57N3O6Si. The summed E-state index contributed by atoms with van der Waals surface area (Å²) in [6.07, 6.45) is 7.33. The van der Waals surface area contributed by atoms with Crippen molar-refractivity contribution in [2.24, 2.45) is 5.92 Å². The molecular weight excluding hydrogens is 707 g/mol. The topological polar surface area (TPSA) is 108 Å². The van der Waals surface area contributed by atoms with Crippen LogP contribution in [0.15, 0.2) is 96.1 Å². The Hall–Kier alpha value is -4.51. The lowest BCUT2D eigenvalue weighted by molar-refractivity contribution is -0.149. The quantitative estimate of drug-likeness (QED) is 0.137. The van der Waals surface area contributed by atoms with E-state index in [1.54, 1.807) is 24.1 Å². The van der Waals surface area contributed by atoms with Crippen molar-refractivity contribution in [1.29, 1.82) is 0 Å². The number of ether oxygens (including phenoxy) is 2. The molecule has 10 heteroatoms. The van der Waals surface area contributed by atoms with Gasteiger partial charge in [-0.1, -0.05) is 78.8 Å². The van der Waals surface area contributed by atoms with E-state index < -0.39 is 19.8 Å². The van der Waals surface area contributed by atoms with Gasteiger partial charge in [-0.2, -0.15) is 0 Å². The van der Waals surface area contributed by atoms with Crippen molar-refractivity contribution >= 4 is 42.4 Å². The largest absolute Gasteiger partial charge is 0.497 e. The Kier molecular flexibility index (Phi) is 12.2. The normalized spacial score (nSPS) is 23.6. The van der Waals surface area contributed by atoms with Crippen LogP contribution in [0.5, 0.6) is 5.75 Å². The molecule has 0 radical (unpaired) electrons. The Morgan fingerprint density at radius 2 is 1.76 bits per heavy atom. The monoisotopic (exact) mass is 763 g/mol. The summed E-state index contributed by atoms with van der Waals surface area (Å²) < 4.78 is 12.8. The zero-order chi connectivity index (χ0) is 39.5. The molecule has 1 spiro atoms. The minimum atomic E-state index is -2.51. The molecule has 292 valence electrons. The van der Waals surface area contributed by atoms with Gasteiger partial charge in [0.2, 0.25) is 5.91 Å². The number of rotatable bonds is 13. The van der Waals surface area contributed by atoms with Gasteiger partial charge in [0.15, 0.2) is 5.60 Å². The average molecular weight is 764 g/mol. The van der Waals surface area contributed by atoms with E-state index in [9.17, 15) is 14.7 Å². The number of amides is 3. The molecule has 6 rings (SSSR count). The van der Waals surface area contributed by atoms with Crippen molar-refractivity contribution in [2.45, 2.75) is 96.2 Å². The van der Waals surface area contributed by atoms with Gasteiger partial charge in [0.25, 0.3) is 11.8 Å². The number of methoxy groups -OCH3 is 1. The van der Waals surface area contributed by atoms with Crippen molar-refractivity contribution in [3.05, 3.63) is 107 Å². The number of aliphatic hydroxyl groups excluding tert-OH is 1. The average Bonchev–Trinajstić information content (AvgIpc) is 3.84. The molecule has 0 unspecified atom stereocenters. The highest BCUT2D eigenvalue weighted by atomic mass is 28.3. The number of nitrogens with one attached hydrogen (secondary N) is 1. The Bertz CT molecular complexity index is 1940. The molecule has 3 aromatic rings. The predicted molar refractivity (Wildman–Crippen MR) is 222 cm³/mol. The predicted octanol–water partition coefficient (Wildman–Crippen LogP) is 7.58. The Balaban J connectivity index is 1.44. The van der Waals surface area contributed by atoms with Gasteiger partial charge in [-0.05, 0) is 94.5 Å². The molecule has 3 aliphatic heterocycles. The van der Waals surface area contributed by atoms with Gasteiger partial charge in [0, 0.05) is 35.8 Å². The van der Waals surface area contributed by atoms with Gasteiger partial charge in [-0.3, -0.25) is 14.4 Å². The van der Waals surface area contributed by atoms with E-state index in [1.165, 1.54) is 16.3 Å². The number of aliphatic hydroxyl groups is 1. The van der Waals surface area contributed by atoms with E-state index in [4.69, 9.17) is 9.47 Å². The number of nitrogens with zero attached hydrogens (tertiary/aromatic N) is 2. The number of carbonyl (C=O) groups excluding carboxylic acids is 3. The van der Waals surface area contributed by atoms with E-state index in [1.807, 2.05) is 53.4 Å². The van der Waals surface area contributed by atoms with E-state index in [0.717, 1.165) is 37.1 Å². The fraction of sp³-hybridized carbons (Fsp3) is 0.444. The highest BCUT2D eigenvalue weighted by Gasteiger charge is 2.66. The van der Waals surface area contributed by atoms with E-state index >= 15 is 4.79 Å². The zero-order valence-electron chi connectivity index (χ0n) is 33.4. The second-order valence-corrected chi connectivity index (χ2v) is 21.0. The Labute approximate surface area is 327 Å². The molecule has 5 atom stereocenters. The standard InChI is InChI=1S/C45H57N3O6Si/c1-30(2)13-11-14-31(3)24-26-48-39-23-18-34(46-43(51)33-15-9-8-10-16-33)27-38(39)45(44(48)52)32(4)42(55(6,7)37-21-19-36(53-5)20-22-37)40(54-45)28-41(50)47-25-12-17-35(47)29-49/h8-10,13,15-16,18-24,27,32,35,40,42,49H,11-12,14,17,25-26,28-29H2,1-7H3,(H,46,51)/b31-24+/t32-,35-,40+,42-,45+/m0/s1. The van der Waals surface area contributed by atoms with Gasteiger partial charge >= 0.3 is 0 Å². The summed E-state index contributed by atoms with van der Waals surface area (Å²) in [5.41, 5.74) is 3.50. The van der Waals surface area contributed by atoms with Gasteiger partial charge in [-0.15, -0.1) is 0 Å². The lowest BCUT2D eigenvalue weighted by Crippen LogP contribution is -2.52. The molecule has 9 nitrogen and oxygen atoms in total. The van der Waals surface area contributed by atoms with Crippen molar-refractivity contribution in [3.8, 4) is 5.75 Å². The SMILES string of the molecule is COc1ccc([Si](C)(C)[C@@H]2[C@@H](CC(=O)N3CCC[C@H]3CO)O[C@]3(C(=O)N(C/C=C(\C)CCC=C(C)C)c4ccc(NC(=O)c5ccccc5)cc43)[C@H]2C)cc1. The molecule has 3 aliphatic rings. The number of allylic oxidation sites excluding steroid dienone is 3. The molecule has 2 fully saturated rings. The first-order chi connectivity index (χ1) is 26.3. The lowest BCUT2D eigenvalue weighted by Gasteiger charge is -2.37. The van der Waals surface area contributed by atoms with Crippen molar-refractivity contribution in [1.82, 2.24) is 4.90 Å². The van der Waals surface area contributed by atoms with Gasteiger partial charge in [-0.25, -0.2) is 0 Å². The Morgan fingerprint density at radius 1 is 1.04 bits per heavy atom. The summed E-state index contributed by atoms with van der Waals surface area (Å²) >= 11 is 0. The summed E-state index contributed by atoms with van der Waals surface area (Å²) in [6.45, 7) is 13.9. The third-order valence-electron chi connectivity index (χ3n) is 12.1. The number of carbonyl (C=O) groups is 3. The maximum absolute atomic E-state index is 15.3. The lowest BCUT2D eigenvalue weighted by atomic mass is 9.82. The fourth-order valence-corrected chi connectivity index (χ4v) is 13.2. The molecule has 55 heavy (non-hydrogen) atoms. The van der Waals surface area contributed by atoms with Gasteiger partial charge in [0.05, 0.1) is 46.0 Å². The number of hydrogen-bond acceptors (Lipinski definition) is 6. The third-order valence-corrected chi connectivity index (χ3v) is 16.5. The highest BCUT2D eigenvalue weighted by Crippen LogP contribution is 2.60. The maximum atomic E-state index is 15.3. The second-order valence-electron chi connectivity index (χ2n) is 16.3. The molecule has 0 bridgehead atoms. The van der Waals surface area contributed by atoms with Crippen LogP contribution in [0.4, 0.5) is 11.4 Å². The highest BCUT2D eigenvalue weighted by molar-refractivity contribution is 6.91. The molecule has 3 amide bonds. The van der Waals surface area contributed by atoms with E-state index in [2.05, 4.69) is 70.4 Å². The maximum Gasteiger partial charge on any atom is 0.264 e. The van der Waals surface area contributed by atoms with Gasteiger partial charge < -0.3 is 29.7 Å². The minimum absolute atomic E-state index is 0.0587. The fourth-order valence-electron chi connectivity index (χ4n) is 9.15. The molecule has 3 heterocycles. The molecule has 3 aromatic carbocycles. The summed E-state index contributed by atoms with van der Waals surface area (Å²) in [6, 6.07) is 22.7. The van der Waals surface area contributed by atoms with Crippen molar-refractivity contribution < 1.29 is 29.0 Å². The molecule has 0 aromatic heterocycles. The first-order valence-electron chi connectivity index (χ1n) is 19.7. The van der Waals surface area contributed by atoms with Crippen LogP contribution in [-0.4, -0.2) is 74.8 Å². The van der Waals surface area contributed by atoms with Crippen LogP contribution in [0, 0.1) is 5.92 Å². The first-order valence-corrected chi connectivity index (χ1v) is 22.7. The van der Waals surface area contributed by atoms with E-state index in [0.29, 0.717) is 29.9 Å². The molecule has 2 saturated heterocycles. The van der Waals surface area contributed by atoms with Crippen LogP contribution in [0.25, 0.3) is 0 Å². The van der Waals surface area contributed by atoms with E-state index in [-0.39, 0.29) is 48.3 Å². The Morgan fingerprint density at radius 3 is 2.44 bits per heavy atom. The van der Waals surface area contributed by atoms with Crippen molar-refractivity contribution in [3.63, 3.8) is 0 Å². The molecule has 0 aliphatic carbocycles. The van der Waals surface area contributed by atoms with Crippen LogP contribution in [-0.2, 0) is 19.9 Å². The van der Waals surface area contributed by atoms with Crippen LogP contribution < -0.4 is 20.1 Å². The van der Waals surface area contributed by atoms with Crippen molar-refractivity contribution in [2.75, 3.05) is 37.0 Å². The van der Waals surface area contributed by atoms with Crippen LogP contribution >= 0.6 is 0 Å². The number of fused-ring (bicyclic) bond motifs is 2. The smallest absolute Gasteiger partial charge is 0.264 e. The minimum Gasteiger partial charge on any atom is -0.497 e. The van der Waals surface area contributed by atoms with Crippen LogP contribution in [0.2, 0.25) is 18.6 Å². The summed E-state index contributed by atoms with van der Waals surface area (Å²) in [5.74, 6) is -0.00770. The number of benzene rings is 3. The van der Waals surface area contributed by atoms with Crippen LogP contribution in [0.3, 0.4) is 0 Å². The number of anilines is 2. The summed E-state index contributed by atoms with van der Waals surface area (Å²) in [4.78, 5) is 46.4. The van der Waals surface area contributed by atoms with Gasteiger partial charge in [0.1, 0.15) is 5.75 Å². The number of likely N-dealkylation sites (tertiary alicyclic amines) is 1. The second kappa shape index (κ2) is 16.7. The zero-order valence-corrected chi connectivity index (χ0v) is 34.4.